The number of carbonyl (C=O) groups excluding carboxylic acids is 2. The number of benzene rings is 1. The van der Waals surface area contributed by atoms with Crippen LogP contribution < -0.4 is 5.32 Å². The number of piperidine rings is 1. The van der Waals surface area contributed by atoms with Crippen molar-refractivity contribution in [3.05, 3.63) is 28.8 Å². The second-order valence-corrected chi connectivity index (χ2v) is 6.70. The largest absolute Gasteiger partial charge is 0.342 e. The summed E-state index contributed by atoms with van der Waals surface area (Å²) in [6.45, 7) is 3.61. The molecule has 1 aromatic carbocycles. The first-order valence-corrected chi connectivity index (χ1v) is 8.30. The molecule has 0 bridgehead atoms. The molecule has 118 valence electrons. The molecule has 1 aliphatic heterocycles. The van der Waals surface area contributed by atoms with Crippen LogP contribution in [0.4, 0.5) is 5.69 Å². The van der Waals surface area contributed by atoms with Gasteiger partial charge in [0.15, 0.2) is 0 Å². The first kappa shape index (κ1) is 15.3. The molecule has 5 heteroatoms. The molecule has 1 saturated heterocycles. The van der Waals surface area contributed by atoms with Crippen LogP contribution in [0.2, 0.25) is 5.02 Å². The number of anilines is 1. The highest BCUT2D eigenvalue weighted by atomic mass is 35.5. The van der Waals surface area contributed by atoms with Crippen LogP contribution in [0.25, 0.3) is 0 Å². The van der Waals surface area contributed by atoms with Gasteiger partial charge in [-0.1, -0.05) is 17.7 Å². The normalized spacial score (nSPS) is 24.0. The molecule has 1 aliphatic carbocycles. The van der Waals surface area contributed by atoms with Crippen molar-refractivity contribution in [3.8, 4) is 0 Å². The molecule has 0 aromatic heterocycles. The molecule has 3 rings (SSSR count). The summed E-state index contributed by atoms with van der Waals surface area (Å²) in [5.41, 5.74) is 1.67. The second kappa shape index (κ2) is 6.29. The Morgan fingerprint density at radius 1 is 1.18 bits per heavy atom. The van der Waals surface area contributed by atoms with E-state index in [-0.39, 0.29) is 23.7 Å². The van der Waals surface area contributed by atoms with Gasteiger partial charge in [0.25, 0.3) is 0 Å². The predicted octanol–water partition coefficient (Wildman–Crippen LogP) is 3.24. The number of halogens is 1. The van der Waals surface area contributed by atoms with Crippen molar-refractivity contribution in [3.63, 3.8) is 0 Å². The zero-order chi connectivity index (χ0) is 15.7. The number of rotatable bonds is 3. The van der Waals surface area contributed by atoms with Crippen molar-refractivity contribution < 1.29 is 9.59 Å². The van der Waals surface area contributed by atoms with Crippen molar-refractivity contribution in [2.45, 2.75) is 32.6 Å². The van der Waals surface area contributed by atoms with Crippen LogP contribution in [-0.2, 0) is 9.59 Å². The smallest absolute Gasteiger partial charge is 0.228 e. The zero-order valence-corrected chi connectivity index (χ0v) is 13.5. The molecule has 2 aliphatic rings. The van der Waals surface area contributed by atoms with Crippen LogP contribution in [0, 0.1) is 18.8 Å². The van der Waals surface area contributed by atoms with Crippen LogP contribution in [0.3, 0.4) is 0 Å². The van der Waals surface area contributed by atoms with Gasteiger partial charge in [0, 0.05) is 23.8 Å². The van der Waals surface area contributed by atoms with Crippen LogP contribution >= 0.6 is 11.6 Å². The molecular weight excluding hydrogens is 300 g/mol. The molecule has 1 N–H and O–H groups in total. The Hall–Kier alpha value is -1.55. The lowest BCUT2D eigenvalue weighted by molar-refractivity contribution is -0.134. The van der Waals surface area contributed by atoms with E-state index in [0.29, 0.717) is 17.1 Å². The molecule has 2 amide bonds. The number of carbonyl (C=O) groups is 2. The molecular formula is C17H21ClN2O2. The number of hydrogen-bond donors (Lipinski definition) is 1. The number of nitrogens with one attached hydrogen (secondary N) is 1. The number of likely N-dealkylation sites (tertiary alicyclic amines) is 1. The number of hydrogen-bond acceptors (Lipinski definition) is 2. The fraction of sp³-hybridized carbons (Fsp3) is 0.529. The van der Waals surface area contributed by atoms with E-state index in [4.69, 9.17) is 11.6 Å². The van der Waals surface area contributed by atoms with Gasteiger partial charge in [-0.3, -0.25) is 9.59 Å². The third kappa shape index (κ3) is 3.27. The fourth-order valence-corrected chi connectivity index (χ4v) is 3.19. The summed E-state index contributed by atoms with van der Waals surface area (Å²) < 4.78 is 0. The Kier molecular flexibility index (Phi) is 4.39. The van der Waals surface area contributed by atoms with E-state index in [1.54, 1.807) is 6.07 Å². The van der Waals surface area contributed by atoms with E-state index in [1.807, 2.05) is 24.0 Å². The maximum Gasteiger partial charge on any atom is 0.228 e. The van der Waals surface area contributed by atoms with E-state index in [0.717, 1.165) is 31.5 Å². The van der Waals surface area contributed by atoms with Crippen LogP contribution in [0.1, 0.15) is 31.2 Å². The third-order valence-electron chi connectivity index (χ3n) is 4.55. The van der Waals surface area contributed by atoms with Gasteiger partial charge in [-0.25, -0.2) is 0 Å². The lowest BCUT2D eigenvalue weighted by atomic mass is 10.1. The lowest BCUT2D eigenvalue weighted by Crippen LogP contribution is -2.37. The number of amides is 2. The molecule has 1 heterocycles. The monoisotopic (exact) mass is 320 g/mol. The zero-order valence-electron chi connectivity index (χ0n) is 12.8. The van der Waals surface area contributed by atoms with E-state index in [2.05, 4.69) is 5.32 Å². The molecule has 2 atom stereocenters. The van der Waals surface area contributed by atoms with Crippen molar-refractivity contribution in [1.82, 2.24) is 4.90 Å². The first-order valence-electron chi connectivity index (χ1n) is 7.92. The quantitative estimate of drug-likeness (QED) is 0.929. The van der Waals surface area contributed by atoms with Crippen molar-refractivity contribution in [2.24, 2.45) is 11.8 Å². The van der Waals surface area contributed by atoms with Crippen molar-refractivity contribution >= 4 is 29.1 Å². The van der Waals surface area contributed by atoms with Gasteiger partial charge in [0.1, 0.15) is 0 Å². The Labute approximate surface area is 135 Å². The van der Waals surface area contributed by atoms with E-state index >= 15 is 0 Å². The SMILES string of the molecule is Cc1ccc(NC(=O)C2CC2C(=O)N2CCCCC2)cc1Cl. The highest BCUT2D eigenvalue weighted by molar-refractivity contribution is 6.31. The lowest BCUT2D eigenvalue weighted by Gasteiger charge is -2.26. The summed E-state index contributed by atoms with van der Waals surface area (Å²) in [4.78, 5) is 26.5. The van der Waals surface area contributed by atoms with Crippen LogP contribution in [0.5, 0.6) is 0 Å². The summed E-state index contributed by atoms with van der Waals surface area (Å²) in [6.07, 6.45) is 4.03. The maximum atomic E-state index is 12.4. The Balaban J connectivity index is 1.55. The molecule has 4 nitrogen and oxygen atoms in total. The fourth-order valence-electron chi connectivity index (χ4n) is 3.01. The third-order valence-corrected chi connectivity index (χ3v) is 4.96. The van der Waals surface area contributed by atoms with Gasteiger partial charge in [-0.05, 0) is 50.3 Å². The molecule has 0 spiro atoms. The van der Waals surface area contributed by atoms with Crippen molar-refractivity contribution in [2.75, 3.05) is 18.4 Å². The van der Waals surface area contributed by atoms with E-state index < -0.39 is 0 Å². The minimum absolute atomic E-state index is 0.0738. The summed E-state index contributed by atoms with van der Waals surface area (Å²) in [5, 5.41) is 3.50. The first-order chi connectivity index (χ1) is 10.6. The second-order valence-electron chi connectivity index (χ2n) is 6.29. The van der Waals surface area contributed by atoms with Gasteiger partial charge in [0.2, 0.25) is 11.8 Å². The van der Waals surface area contributed by atoms with Gasteiger partial charge in [0.05, 0.1) is 11.8 Å². The van der Waals surface area contributed by atoms with Crippen molar-refractivity contribution in [1.29, 1.82) is 0 Å². The Morgan fingerprint density at radius 3 is 2.59 bits per heavy atom. The van der Waals surface area contributed by atoms with Gasteiger partial charge in [-0.15, -0.1) is 0 Å². The molecule has 2 fully saturated rings. The summed E-state index contributed by atoms with van der Waals surface area (Å²) in [7, 11) is 0. The molecule has 22 heavy (non-hydrogen) atoms. The standard InChI is InChI=1S/C17H21ClN2O2/c1-11-5-6-12(9-15(11)18)19-16(21)13-10-14(13)17(22)20-7-3-2-4-8-20/h5-6,9,13-14H,2-4,7-8,10H2,1H3,(H,19,21). The number of aryl methyl sites for hydroxylation is 1. The predicted molar refractivity (Wildman–Crippen MR) is 86.8 cm³/mol. The average molecular weight is 321 g/mol. The average Bonchev–Trinajstić information content (AvgIpc) is 3.32. The van der Waals surface area contributed by atoms with Gasteiger partial charge in [-0.2, -0.15) is 0 Å². The molecule has 1 aromatic rings. The molecule has 0 radical (unpaired) electrons. The molecule has 1 saturated carbocycles. The van der Waals surface area contributed by atoms with E-state index in [9.17, 15) is 9.59 Å². The Bertz CT molecular complexity index is 596. The van der Waals surface area contributed by atoms with Gasteiger partial charge < -0.3 is 10.2 Å². The number of nitrogens with zero attached hydrogens (tertiary/aromatic N) is 1. The molecule has 2 unspecified atom stereocenters. The minimum Gasteiger partial charge on any atom is -0.342 e. The summed E-state index contributed by atoms with van der Waals surface area (Å²) in [6, 6.07) is 5.46. The summed E-state index contributed by atoms with van der Waals surface area (Å²) >= 11 is 6.06. The summed E-state index contributed by atoms with van der Waals surface area (Å²) in [5.74, 6) is -0.231. The topological polar surface area (TPSA) is 49.4 Å². The van der Waals surface area contributed by atoms with Crippen LogP contribution in [0.15, 0.2) is 18.2 Å². The Morgan fingerprint density at radius 2 is 1.91 bits per heavy atom. The minimum atomic E-state index is -0.186. The van der Waals surface area contributed by atoms with Crippen LogP contribution in [-0.4, -0.2) is 29.8 Å². The maximum absolute atomic E-state index is 12.4. The highest BCUT2D eigenvalue weighted by Gasteiger charge is 2.49. The van der Waals surface area contributed by atoms with E-state index in [1.165, 1.54) is 6.42 Å². The highest BCUT2D eigenvalue weighted by Crippen LogP contribution is 2.41. The van der Waals surface area contributed by atoms with Gasteiger partial charge >= 0.3 is 0 Å².